The molecule has 0 aliphatic heterocycles. The minimum atomic E-state index is -2.11. The van der Waals surface area contributed by atoms with Gasteiger partial charge in [0.2, 0.25) is 0 Å². The fourth-order valence-electron chi connectivity index (χ4n) is 4.56. The van der Waals surface area contributed by atoms with Crippen LogP contribution in [0.4, 0.5) is 0 Å². The molecule has 1 aliphatic carbocycles. The van der Waals surface area contributed by atoms with Crippen LogP contribution < -0.4 is 0 Å². The Hall–Kier alpha value is -1.47. The highest BCUT2D eigenvalue weighted by atomic mass is 28.4. The maximum Gasteiger partial charge on any atom is 0.308 e. The SMILES string of the molecule is C=CC[C@H]1CCCC[C@@]1(C)OCCOC(=O)C[C@@H](O[Si](C)(C)C(C)(C)C)[C@@H](C)OCc1ccccc1. The van der Waals surface area contributed by atoms with Crippen molar-refractivity contribution < 1.29 is 23.4 Å². The summed E-state index contributed by atoms with van der Waals surface area (Å²) in [6.45, 7) is 20.2. The Morgan fingerprint density at radius 3 is 2.53 bits per heavy atom. The monoisotopic (exact) mass is 518 g/mol. The zero-order valence-corrected chi connectivity index (χ0v) is 24.8. The number of hydrogen-bond acceptors (Lipinski definition) is 5. The first kappa shape index (κ1) is 30.7. The average molecular weight is 519 g/mol. The Kier molecular flexibility index (Phi) is 11.9. The molecule has 1 aliphatic rings. The van der Waals surface area contributed by atoms with Crippen LogP contribution in [-0.4, -0.2) is 45.3 Å². The van der Waals surface area contributed by atoms with Crippen LogP contribution in [-0.2, 0) is 30.0 Å². The van der Waals surface area contributed by atoms with Gasteiger partial charge in [-0.3, -0.25) is 4.79 Å². The number of esters is 1. The Balaban J connectivity index is 1.93. The van der Waals surface area contributed by atoms with Gasteiger partial charge in [-0.25, -0.2) is 0 Å². The van der Waals surface area contributed by atoms with Gasteiger partial charge in [-0.1, -0.05) is 70.0 Å². The quantitative estimate of drug-likeness (QED) is 0.111. The summed E-state index contributed by atoms with van der Waals surface area (Å²) in [6, 6.07) is 10.1. The molecule has 2 rings (SSSR count). The van der Waals surface area contributed by atoms with E-state index in [0.29, 0.717) is 19.1 Å². The predicted molar refractivity (Wildman–Crippen MR) is 149 cm³/mol. The third-order valence-electron chi connectivity index (χ3n) is 8.07. The van der Waals surface area contributed by atoms with Crippen LogP contribution in [0.5, 0.6) is 0 Å². The summed E-state index contributed by atoms with van der Waals surface area (Å²) in [4.78, 5) is 12.9. The Morgan fingerprint density at radius 2 is 1.89 bits per heavy atom. The normalized spacial score (nSPS) is 22.6. The Morgan fingerprint density at radius 1 is 1.19 bits per heavy atom. The van der Waals surface area contributed by atoms with Crippen molar-refractivity contribution in [3.05, 3.63) is 48.6 Å². The molecule has 1 fully saturated rings. The maximum atomic E-state index is 12.9. The zero-order valence-electron chi connectivity index (χ0n) is 23.8. The minimum Gasteiger partial charge on any atom is -0.463 e. The molecule has 0 radical (unpaired) electrons. The standard InChI is InChI=1S/C30H50O5Si/c1-9-15-26-18-13-14-19-30(26,6)34-21-20-32-28(31)22-27(35-36(7,8)29(3,4)5)24(2)33-23-25-16-11-10-12-17-25/h9-12,16-17,24,26-27H,1,13-15,18-23H2,2-8H3/t24-,26+,27-,30-/m1/s1. The molecule has 0 N–H and O–H groups in total. The molecular weight excluding hydrogens is 468 g/mol. The second-order valence-electron chi connectivity index (χ2n) is 12.0. The Labute approximate surface area is 221 Å². The number of ether oxygens (including phenoxy) is 3. The number of carbonyl (C=O) groups excluding carboxylic acids is 1. The molecule has 204 valence electrons. The molecular formula is C30H50O5Si. The van der Waals surface area contributed by atoms with E-state index in [-0.39, 0.29) is 41.8 Å². The van der Waals surface area contributed by atoms with Crippen LogP contribution in [0.1, 0.15) is 78.7 Å². The summed E-state index contributed by atoms with van der Waals surface area (Å²) in [5.74, 6) is 0.207. The smallest absolute Gasteiger partial charge is 0.308 e. The summed E-state index contributed by atoms with van der Waals surface area (Å²) >= 11 is 0. The minimum absolute atomic E-state index is 0.0273. The lowest BCUT2D eigenvalue weighted by Gasteiger charge is -2.41. The van der Waals surface area contributed by atoms with Gasteiger partial charge < -0.3 is 18.6 Å². The van der Waals surface area contributed by atoms with Gasteiger partial charge in [-0.05, 0) is 62.7 Å². The molecule has 0 bridgehead atoms. The number of rotatable bonds is 14. The van der Waals surface area contributed by atoms with E-state index in [1.807, 2.05) is 43.3 Å². The topological polar surface area (TPSA) is 54.0 Å². The van der Waals surface area contributed by atoms with Gasteiger partial charge in [0.25, 0.3) is 0 Å². The fourth-order valence-corrected chi connectivity index (χ4v) is 5.94. The molecule has 5 nitrogen and oxygen atoms in total. The van der Waals surface area contributed by atoms with Gasteiger partial charge in [0.05, 0.1) is 37.4 Å². The molecule has 4 atom stereocenters. The number of allylic oxidation sites excluding steroid dienone is 1. The molecule has 0 spiro atoms. The van der Waals surface area contributed by atoms with E-state index in [2.05, 4.69) is 47.4 Å². The van der Waals surface area contributed by atoms with Crippen molar-refractivity contribution in [1.29, 1.82) is 0 Å². The summed E-state index contributed by atoms with van der Waals surface area (Å²) < 4.78 is 24.7. The van der Waals surface area contributed by atoms with Crippen molar-refractivity contribution in [3.63, 3.8) is 0 Å². The molecule has 1 saturated carbocycles. The van der Waals surface area contributed by atoms with Crippen LogP contribution >= 0.6 is 0 Å². The first-order chi connectivity index (χ1) is 16.9. The van der Waals surface area contributed by atoms with E-state index in [1.54, 1.807) is 0 Å². The number of benzene rings is 1. The van der Waals surface area contributed by atoms with E-state index in [9.17, 15) is 4.79 Å². The molecule has 1 aromatic rings. The highest BCUT2D eigenvalue weighted by Gasteiger charge is 2.41. The maximum absolute atomic E-state index is 12.9. The highest BCUT2D eigenvalue weighted by molar-refractivity contribution is 6.74. The van der Waals surface area contributed by atoms with Gasteiger partial charge in [0.1, 0.15) is 6.61 Å². The molecule has 0 unspecified atom stereocenters. The molecule has 0 saturated heterocycles. The molecule has 1 aromatic carbocycles. The lowest BCUT2D eigenvalue weighted by atomic mass is 9.75. The molecule has 0 aromatic heterocycles. The van der Waals surface area contributed by atoms with E-state index in [4.69, 9.17) is 18.6 Å². The van der Waals surface area contributed by atoms with E-state index < -0.39 is 8.32 Å². The fraction of sp³-hybridized carbons (Fsp3) is 0.700. The predicted octanol–water partition coefficient (Wildman–Crippen LogP) is 7.46. The average Bonchev–Trinajstić information content (AvgIpc) is 2.81. The number of hydrogen-bond donors (Lipinski definition) is 0. The highest BCUT2D eigenvalue weighted by Crippen LogP contribution is 2.39. The third kappa shape index (κ3) is 9.44. The van der Waals surface area contributed by atoms with Crippen molar-refractivity contribution in [2.75, 3.05) is 13.2 Å². The van der Waals surface area contributed by atoms with Crippen molar-refractivity contribution in [2.24, 2.45) is 5.92 Å². The van der Waals surface area contributed by atoms with E-state index >= 15 is 0 Å². The number of carbonyl (C=O) groups is 1. The zero-order chi connectivity index (χ0) is 26.8. The second-order valence-corrected chi connectivity index (χ2v) is 16.7. The third-order valence-corrected chi connectivity index (χ3v) is 12.6. The van der Waals surface area contributed by atoms with E-state index in [1.165, 1.54) is 12.8 Å². The lowest BCUT2D eigenvalue weighted by molar-refractivity contribution is -0.154. The van der Waals surface area contributed by atoms with Crippen LogP contribution in [0.2, 0.25) is 18.1 Å². The van der Waals surface area contributed by atoms with Gasteiger partial charge in [0.15, 0.2) is 8.32 Å². The summed E-state index contributed by atoms with van der Waals surface area (Å²) in [6.07, 6.45) is 7.13. The first-order valence-corrected chi connectivity index (χ1v) is 16.5. The van der Waals surface area contributed by atoms with Gasteiger partial charge in [-0.15, -0.1) is 6.58 Å². The van der Waals surface area contributed by atoms with Crippen LogP contribution in [0, 0.1) is 5.92 Å². The lowest BCUT2D eigenvalue weighted by Crippen LogP contribution is -2.47. The van der Waals surface area contributed by atoms with Gasteiger partial charge in [-0.2, -0.15) is 0 Å². The van der Waals surface area contributed by atoms with Crippen molar-refractivity contribution in [2.45, 2.75) is 116 Å². The van der Waals surface area contributed by atoms with Crippen molar-refractivity contribution >= 4 is 14.3 Å². The van der Waals surface area contributed by atoms with Crippen LogP contribution in [0.3, 0.4) is 0 Å². The van der Waals surface area contributed by atoms with Crippen LogP contribution in [0.25, 0.3) is 0 Å². The summed E-state index contributed by atoms with van der Waals surface area (Å²) in [5, 5.41) is 0.0273. The largest absolute Gasteiger partial charge is 0.463 e. The van der Waals surface area contributed by atoms with Crippen molar-refractivity contribution in [3.8, 4) is 0 Å². The van der Waals surface area contributed by atoms with Crippen molar-refractivity contribution in [1.82, 2.24) is 0 Å². The summed E-state index contributed by atoms with van der Waals surface area (Å²) in [5.41, 5.74) is 0.924. The summed E-state index contributed by atoms with van der Waals surface area (Å²) in [7, 11) is -2.11. The molecule has 36 heavy (non-hydrogen) atoms. The second kappa shape index (κ2) is 13.9. The Bertz CT molecular complexity index is 803. The molecule has 0 heterocycles. The van der Waals surface area contributed by atoms with E-state index in [0.717, 1.165) is 24.8 Å². The molecule has 6 heteroatoms. The van der Waals surface area contributed by atoms with Gasteiger partial charge in [0, 0.05) is 0 Å². The van der Waals surface area contributed by atoms with Gasteiger partial charge >= 0.3 is 5.97 Å². The first-order valence-electron chi connectivity index (χ1n) is 13.6. The molecule has 0 amide bonds. The van der Waals surface area contributed by atoms with Crippen LogP contribution in [0.15, 0.2) is 43.0 Å².